The summed E-state index contributed by atoms with van der Waals surface area (Å²) in [5, 5.41) is 9.87. The number of ether oxygens (including phenoxy) is 3. The molecule has 0 amide bonds. The number of H-pyrrole nitrogens is 1. The Morgan fingerprint density at radius 2 is 2.00 bits per heavy atom. The van der Waals surface area contributed by atoms with E-state index in [1.165, 1.54) is 6.08 Å². The quantitative estimate of drug-likeness (QED) is 0.352. The standard InChI is InChI=1S/C20H17ClN2O5/c1-4-26-20(25)17-11(3)23-10(2)16(17)18(24)13(8-22)5-12-6-14(21)19-15(7-12)27-9-28-19/h5-7,23H,4,9H2,1-3H3/b13-5+. The summed E-state index contributed by atoms with van der Waals surface area (Å²) in [5.74, 6) is -0.341. The highest BCUT2D eigenvalue weighted by Gasteiger charge is 2.27. The monoisotopic (exact) mass is 400 g/mol. The third-order valence-electron chi connectivity index (χ3n) is 4.21. The van der Waals surface area contributed by atoms with Crippen molar-refractivity contribution in [3.63, 3.8) is 0 Å². The first-order valence-corrected chi connectivity index (χ1v) is 8.87. The zero-order valence-corrected chi connectivity index (χ0v) is 16.3. The third-order valence-corrected chi connectivity index (χ3v) is 4.49. The fourth-order valence-corrected chi connectivity index (χ4v) is 3.32. The second kappa shape index (κ2) is 7.79. The van der Waals surface area contributed by atoms with E-state index in [-0.39, 0.29) is 30.1 Å². The van der Waals surface area contributed by atoms with Crippen LogP contribution in [0.2, 0.25) is 5.02 Å². The van der Waals surface area contributed by atoms with E-state index in [1.807, 2.05) is 6.07 Å². The van der Waals surface area contributed by atoms with Crippen molar-refractivity contribution in [3.8, 4) is 17.6 Å². The molecule has 1 aliphatic rings. The second-order valence-electron chi connectivity index (χ2n) is 6.08. The Bertz CT molecular complexity index is 1050. The molecule has 7 nitrogen and oxygen atoms in total. The number of aryl methyl sites for hydroxylation is 2. The Balaban J connectivity index is 2.04. The molecular formula is C20H17ClN2O5. The molecule has 0 bridgehead atoms. The number of hydrogen-bond acceptors (Lipinski definition) is 6. The molecule has 0 spiro atoms. The maximum absolute atomic E-state index is 13.1. The van der Waals surface area contributed by atoms with Crippen LogP contribution in [0.5, 0.6) is 11.5 Å². The van der Waals surface area contributed by atoms with E-state index >= 15 is 0 Å². The van der Waals surface area contributed by atoms with Crippen LogP contribution in [0.3, 0.4) is 0 Å². The first-order valence-electron chi connectivity index (χ1n) is 8.49. The molecule has 3 rings (SSSR count). The Hall–Kier alpha value is -3.24. The number of esters is 1. The van der Waals surface area contributed by atoms with Crippen molar-refractivity contribution in [2.45, 2.75) is 20.8 Å². The summed E-state index contributed by atoms with van der Waals surface area (Å²) in [6.45, 7) is 5.24. The average Bonchev–Trinajstić information content (AvgIpc) is 3.23. The van der Waals surface area contributed by atoms with Crippen LogP contribution in [0, 0.1) is 25.2 Å². The van der Waals surface area contributed by atoms with E-state index in [0.29, 0.717) is 33.5 Å². The van der Waals surface area contributed by atoms with Gasteiger partial charge in [-0.15, -0.1) is 0 Å². The number of carbonyl (C=O) groups excluding carboxylic acids is 2. The molecule has 1 N–H and O–H groups in total. The number of rotatable bonds is 5. The van der Waals surface area contributed by atoms with Crippen molar-refractivity contribution in [1.29, 1.82) is 5.26 Å². The highest BCUT2D eigenvalue weighted by molar-refractivity contribution is 6.32. The van der Waals surface area contributed by atoms with Gasteiger partial charge in [-0.1, -0.05) is 11.6 Å². The number of Topliss-reactive ketones (excluding diaryl/α,β-unsaturated/α-hetero) is 1. The fourth-order valence-electron chi connectivity index (χ4n) is 3.04. The molecule has 2 aromatic rings. The van der Waals surface area contributed by atoms with Crippen molar-refractivity contribution in [2.24, 2.45) is 0 Å². The van der Waals surface area contributed by atoms with Gasteiger partial charge in [-0.25, -0.2) is 4.79 Å². The van der Waals surface area contributed by atoms with E-state index < -0.39 is 11.8 Å². The molecule has 0 fully saturated rings. The van der Waals surface area contributed by atoms with Crippen molar-refractivity contribution < 1.29 is 23.8 Å². The molecule has 144 valence electrons. The minimum Gasteiger partial charge on any atom is -0.462 e. The Morgan fingerprint density at radius 1 is 1.29 bits per heavy atom. The molecule has 0 aliphatic carbocycles. The van der Waals surface area contributed by atoms with Gasteiger partial charge < -0.3 is 19.2 Å². The van der Waals surface area contributed by atoms with Crippen LogP contribution in [0.4, 0.5) is 0 Å². The van der Waals surface area contributed by atoms with E-state index in [1.54, 1.807) is 32.9 Å². The number of nitriles is 1. The maximum atomic E-state index is 13.1. The SMILES string of the molecule is CCOC(=O)c1c(C)[nH]c(C)c1C(=O)/C(C#N)=C/c1cc(Cl)c2c(c1)OCO2. The summed E-state index contributed by atoms with van der Waals surface area (Å²) < 4.78 is 15.6. The van der Waals surface area contributed by atoms with Gasteiger partial charge in [-0.3, -0.25) is 4.79 Å². The van der Waals surface area contributed by atoms with Gasteiger partial charge in [-0.05, 0) is 44.5 Å². The number of allylic oxidation sites excluding steroid dienone is 1. The molecule has 1 aliphatic heterocycles. The molecule has 28 heavy (non-hydrogen) atoms. The van der Waals surface area contributed by atoms with Gasteiger partial charge in [0.2, 0.25) is 12.6 Å². The molecule has 0 saturated heterocycles. The van der Waals surface area contributed by atoms with Gasteiger partial charge in [0, 0.05) is 11.4 Å². The summed E-state index contributed by atoms with van der Waals surface area (Å²) in [4.78, 5) is 28.3. The smallest absolute Gasteiger partial charge is 0.340 e. The van der Waals surface area contributed by atoms with E-state index in [4.69, 9.17) is 25.8 Å². The number of fused-ring (bicyclic) bond motifs is 1. The zero-order valence-electron chi connectivity index (χ0n) is 15.5. The molecule has 0 radical (unpaired) electrons. The Labute approximate surface area is 166 Å². The minimum atomic E-state index is -0.615. The number of carbonyl (C=O) groups is 2. The molecule has 1 aromatic heterocycles. The second-order valence-corrected chi connectivity index (χ2v) is 6.49. The normalized spacial score (nSPS) is 12.6. The van der Waals surface area contributed by atoms with Crippen LogP contribution in [0.1, 0.15) is 44.6 Å². The topological polar surface area (TPSA) is 101 Å². The lowest BCUT2D eigenvalue weighted by Gasteiger charge is -2.06. The lowest BCUT2D eigenvalue weighted by Crippen LogP contribution is -2.13. The molecule has 2 heterocycles. The maximum Gasteiger partial charge on any atom is 0.340 e. The molecular weight excluding hydrogens is 384 g/mol. The van der Waals surface area contributed by atoms with Crippen molar-refractivity contribution in [3.05, 3.63) is 50.8 Å². The Kier molecular flexibility index (Phi) is 5.43. The number of benzene rings is 1. The first-order chi connectivity index (χ1) is 13.4. The average molecular weight is 401 g/mol. The number of ketones is 1. The van der Waals surface area contributed by atoms with Gasteiger partial charge in [0.05, 0.1) is 22.8 Å². The van der Waals surface area contributed by atoms with Crippen LogP contribution >= 0.6 is 11.6 Å². The molecule has 8 heteroatoms. The van der Waals surface area contributed by atoms with Crippen LogP contribution in [0.25, 0.3) is 6.08 Å². The molecule has 0 saturated carbocycles. The van der Waals surface area contributed by atoms with Crippen molar-refractivity contribution >= 4 is 29.4 Å². The highest BCUT2D eigenvalue weighted by Crippen LogP contribution is 2.40. The van der Waals surface area contributed by atoms with Crippen molar-refractivity contribution in [2.75, 3.05) is 13.4 Å². The van der Waals surface area contributed by atoms with Crippen LogP contribution in [0.15, 0.2) is 17.7 Å². The van der Waals surface area contributed by atoms with Gasteiger partial charge in [0.15, 0.2) is 11.5 Å². The van der Waals surface area contributed by atoms with Gasteiger partial charge in [0.25, 0.3) is 0 Å². The largest absolute Gasteiger partial charge is 0.462 e. The van der Waals surface area contributed by atoms with Gasteiger partial charge >= 0.3 is 5.97 Å². The number of hydrogen-bond donors (Lipinski definition) is 1. The lowest BCUT2D eigenvalue weighted by atomic mass is 9.98. The van der Waals surface area contributed by atoms with Crippen LogP contribution in [-0.4, -0.2) is 30.1 Å². The number of aromatic nitrogens is 1. The predicted molar refractivity (Wildman–Crippen MR) is 102 cm³/mol. The molecule has 0 unspecified atom stereocenters. The number of aromatic amines is 1. The van der Waals surface area contributed by atoms with E-state index in [2.05, 4.69) is 4.98 Å². The summed E-state index contributed by atoms with van der Waals surface area (Å²) >= 11 is 6.16. The summed E-state index contributed by atoms with van der Waals surface area (Å²) in [7, 11) is 0. The number of halogens is 1. The predicted octanol–water partition coefficient (Wildman–Crippen LogP) is 3.98. The van der Waals surface area contributed by atoms with Gasteiger partial charge in [0.1, 0.15) is 11.6 Å². The number of nitrogens with one attached hydrogen (secondary N) is 1. The molecule has 1 aromatic carbocycles. The van der Waals surface area contributed by atoms with Crippen LogP contribution in [-0.2, 0) is 4.74 Å². The minimum absolute atomic E-state index is 0.0526. The summed E-state index contributed by atoms with van der Waals surface area (Å²) in [6, 6.07) is 5.10. The Morgan fingerprint density at radius 3 is 2.68 bits per heavy atom. The molecule has 0 atom stereocenters. The summed E-state index contributed by atoms with van der Waals surface area (Å²) in [6.07, 6.45) is 1.40. The summed E-state index contributed by atoms with van der Waals surface area (Å²) in [5.41, 5.74) is 1.59. The zero-order chi connectivity index (χ0) is 20.4. The highest BCUT2D eigenvalue weighted by atomic mass is 35.5. The van der Waals surface area contributed by atoms with Crippen molar-refractivity contribution in [1.82, 2.24) is 4.98 Å². The van der Waals surface area contributed by atoms with Crippen LogP contribution < -0.4 is 9.47 Å². The lowest BCUT2D eigenvalue weighted by molar-refractivity contribution is 0.0523. The third kappa shape index (κ3) is 3.47. The first kappa shape index (κ1) is 19.5. The van der Waals surface area contributed by atoms with E-state index in [9.17, 15) is 14.9 Å². The van der Waals surface area contributed by atoms with Gasteiger partial charge in [-0.2, -0.15) is 5.26 Å². The number of nitrogens with zero attached hydrogens (tertiary/aromatic N) is 1. The van der Waals surface area contributed by atoms with E-state index in [0.717, 1.165) is 0 Å². The fraction of sp³-hybridized carbons (Fsp3) is 0.250.